The number of benzene rings is 1. The zero-order valence-corrected chi connectivity index (χ0v) is 21.2. The maximum absolute atomic E-state index is 13.3. The number of rotatable bonds is 9. The smallest absolute Gasteiger partial charge is 0.223 e. The molecule has 1 unspecified atom stereocenters. The van der Waals surface area contributed by atoms with E-state index in [-0.39, 0.29) is 11.3 Å². The molecule has 2 aliphatic heterocycles. The normalized spacial score (nSPS) is 21.6. The maximum Gasteiger partial charge on any atom is 0.223 e. The molecule has 2 aromatic rings. The van der Waals surface area contributed by atoms with Gasteiger partial charge in [0.15, 0.2) is 0 Å². The van der Waals surface area contributed by atoms with Crippen LogP contribution in [0.4, 0.5) is 0 Å². The van der Waals surface area contributed by atoms with Crippen molar-refractivity contribution in [2.75, 3.05) is 46.0 Å². The summed E-state index contributed by atoms with van der Waals surface area (Å²) < 4.78 is 17.8. The molecule has 1 aromatic carbocycles. The van der Waals surface area contributed by atoms with E-state index in [4.69, 9.17) is 25.5 Å². The van der Waals surface area contributed by atoms with E-state index in [1.165, 1.54) is 0 Å². The fraction of sp³-hybridized carbons (Fsp3) is 0.593. The van der Waals surface area contributed by atoms with Crippen molar-refractivity contribution in [2.45, 2.75) is 52.5 Å². The highest BCUT2D eigenvalue weighted by atomic mass is 35.5. The van der Waals surface area contributed by atoms with Crippen molar-refractivity contribution in [1.29, 1.82) is 0 Å². The van der Waals surface area contributed by atoms with Gasteiger partial charge in [-0.25, -0.2) is 0 Å². The summed E-state index contributed by atoms with van der Waals surface area (Å²) in [5.74, 6) is 3.04. The third-order valence-electron chi connectivity index (χ3n) is 6.90. The van der Waals surface area contributed by atoms with E-state index in [1.807, 2.05) is 30.0 Å². The Kier molecular flexibility index (Phi) is 8.56. The van der Waals surface area contributed by atoms with Gasteiger partial charge in [-0.15, -0.1) is 0 Å². The van der Waals surface area contributed by atoms with Gasteiger partial charge in [0.25, 0.3) is 0 Å². The second-order valence-electron chi connectivity index (χ2n) is 9.80. The van der Waals surface area contributed by atoms with Gasteiger partial charge in [0.05, 0.1) is 26.4 Å². The van der Waals surface area contributed by atoms with Gasteiger partial charge in [0.1, 0.15) is 17.3 Å². The lowest BCUT2D eigenvalue weighted by molar-refractivity contribution is -0.139. The van der Waals surface area contributed by atoms with Crippen LogP contribution in [0, 0.1) is 12.3 Å². The van der Waals surface area contributed by atoms with E-state index in [9.17, 15) is 4.79 Å². The predicted octanol–water partition coefficient (Wildman–Crippen LogP) is 5.10. The fourth-order valence-electron chi connectivity index (χ4n) is 5.06. The number of hydrogen-bond acceptors (Lipinski definition) is 5. The molecule has 2 aliphatic rings. The van der Waals surface area contributed by atoms with Gasteiger partial charge in [-0.2, -0.15) is 0 Å². The Balaban J connectivity index is 1.47. The topological polar surface area (TPSA) is 55.2 Å². The number of morpholine rings is 1. The molecule has 4 rings (SSSR count). The predicted molar refractivity (Wildman–Crippen MR) is 133 cm³/mol. The van der Waals surface area contributed by atoms with E-state index in [2.05, 4.69) is 24.0 Å². The first-order valence-corrected chi connectivity index (χ1v) is 12.9. The van der Waals surface area contributed by atoms with Crippen LogP contribution in [0.15, 0.2) is 34.7 Å². The van der Waals surface area contributed by atoms with Crippen LogP contribution < -0.4 is 4.74 Å². The molecule has 2 saturated heterocycles. The first-order valence-electron chi connectivity index (χ1n) is 12.5. The number of halogens is 1. The summed E-state index contributed by atoms with van der Waals surface area (Å²) in [6.07, 6.45) is 4.51. The van der Waals surface area contributed by atoms with Crippen molar-refractivity contribution in [3.8, 4) is 5.75 Å². The number of ether oxygens (including phenoxy) is 2. The molecule has 7 heteroatoms. The Morgan fingerprint density at radius 1 is 1.15 bits per heavy atom. The van der Waals surface area contributed by atoms with Crippen molar-refractivity contribution in [2.24, 2.45) is 5.41 Å². The van der Waals surface area contributed by atoms with Gasteiger partial charge in [0.2, 0.25) is 5.91 Å². The molecular weight excluding hydrogens is 452 g/mol. The number of likely N-dealkylation sites (tertiary alicyclic amines) is 1. The first-order chi connectivity index (χ1) is 16.5. The Labute approximate surface area is 208 Å². The molecule has 1 aromatic heterocycles. The molecule has 0 spiro atoms. The zero-order chi connectivity index (χ0) is 24.0. The van der Waals surface area contributed by atoms with Crippen molar-refractivity contribution in [3.05, 3.63) is 52.4 Å². The Hall–Kier alpha value is -2.02. The van der Waals surface area contributed by atoms with Gasteiger partial charge in [0, 0.05) is 42.9 Å². The lowest BCUT2D eigenvalue weighted by Gasteiger charge is -2.43. The van der Waals surface area contributed by atoms with Crippen molar-refractivity contribution < 1.29 is 18.7 Å². The van der Waals surface area contributed by atoms with Crippen LogP contribution in [-0.2, 0) is 22.5 Å². The highest BCUT2D eigenvalue weighted by Gasteiger charge is 2.40. The molecule has 1 amide bonds. The molecule has 0 N–H and O–H groups in total. The quantitative estimate of drug-likeness (QED) is 0.491. The summed E-state index contributed by atoms with van der Waals surface area (Å²) in [4.78, 5) is 17.6. The van der Waals surface area contributed by atoms with E-state index >= 15 is 0 Å². The highest BCUT2D eigenvalue weighted by Crippen LogP contribution is 2.36. The van der Waals surface area contributed by atoms with Crippen LogP contribution in [-0.4, -0.2) is 61.7 Å². The number of carbonyl (C=O) groups excluding carboxylic acids is 1. The van der Waals surface area contributed by atoms with E-state index in [0.29, 0.717) is 39.3 Å². The molecule has 2 fully saturated rings. The molecule has 3 heterocycles. The monoisotopic (exact) mass is 488 g/mol. The minimum Gasteiger partial charge on any atom is -0.493 e. The summed E-state index contributed by atoms with van der Waals surface area (Å²) in [6, 6.07) is 9.93. The van der Waals surface area contributed by atoms with Crippen LogP contribution in [0.5, 0.6) is 5.75 Å². The van der Waals surface area contributed by atoms with Gasteiger partial charge in [-0.3, -0.25) is 9.69 Å². The molecule has 6 nitrogen and oxygen atoms in total. The van der Waals surface area contributed by atoms with Gasteiger partial charge >= 0.3 is 0 Å². The number of piperidine rings is 1. The highest BCUT2D eigenvalue weighted by molar-refractivity contribution is 6.31. The van der Waals surface area contributed by atoms with E-state index in [1.54, 1.807) is 0 Å². The number of amides is 1. The lowest BCUT2D eigenvalue weighted by Crippen LogP contribution is -2.50. The lowest BCUT2D eigenvalue weighted by atomic mass is 9.77. The van der Waals surface area contributed by atoms with E-state index in [0.717, 1.165) is 73.2 Å². The van der Waals surface area contributed by atoms with Crippen molar-refractivity contribution in [3.63, 3.8) is 0 Å². The second kappa shape index (κ2) is 11.6. The Morgan fingerprint density at radius 3 is 2.71 bits per heavy atom. The summed E-state index contributed by atoms with van der Waals surface area (Å²) >= 11 is 6.20. The van der Waals surface area contributed by atoms with Crippen LogP contribution in [0.1, 0.15) is 49.7 Å². The molecule has 0 radical (unpaired) electrons. The number of furan rings is 1. The summed E-state index contributed by atoms with van der Waals surface area (Å²) in [7, 11) is 0. The minimum atomic E-state index is -0.250. The van der Waals surface area contributed by atoms with Crippen LogP contribution in [0.3, 0.4) is 0 Å². The molecule has 0 aliphatic carbocycles. The second-order valence-corrected chi connectivity index (χ2v) is 10.2. The van der Waals surface area contributed by atoms with Crippen molar-refractivity contribution in [1.82, 2.24) is 9.80 Å². The van der Waals surface area contributed by atoms with Gasteiger partial charge < -0.3 is 18.8 Å². The average Bonchev–Trinajstić information content (AvgIpc) is 3.27. The van der Waals surface area contributed by atoms with Crippen molar-refractivity contribution >= 4 is 17.5 Å². The largest absolute Gasteiger partial charge is 0.493 e. The van der Waals surface area contributed by atoms with Crippen LogP contribution >= 0.6 is 11.6 Å². The average molecular weight is 489 g/mol. The summed E-state index contributed by atoms with van der Waals surface area (Å²) in [5, 5.41) is 0.731. The van der Waals surface area contributed by atoms with Crippen LogP contribution in [0.2, 0.25) is 5.02 Å². The molecule has 186 valence electrons. The van der Waals surface area contributed by atoms with Crippen LogP contribution in [0.25, 0.3) is 0 Å². The Bertz CT molecular complexity index is 956. The number of carbonyl (C=O) groups is 1. The zero-order valence-electron chi connectivity index (χ0n) is 20.5. The van der Waals surface area contributed by atoms with Gasteiger partial charge in [-0.05, 0) is 68.6 Å². The third kappa shape index (κ3) is 6.55. The minimum absolute atomic E-state index is 0.198. The summed E-state index contributed by atoms with van der Waals surface area (Å²) in [6.45, 7) is 9.77. The van der Waals surface area contributed by atoms with Gasteiger partial charge in [-0.1, -0.05) is 18.5 Å². The fourth-order valence-corrected chi connectivity index (χ4v) is 5.17. The molecule has 0 bridgehead atoms. The molecule has 0 saturated carbocycles. The molecular formula is C27H37ClN2O4. The third-order valence-corrected chi connectivity index (χ3v) is 7.32. The first kappa shape index (κ1) is 25.1. The van der Waals surface area contributed by atoms with E-state index < -0.39 is 0 Å². The SMILES string of the molecule is CCCc1ccc(CN2CCCC(COc3ccc(Cl)c(C)c3)(CC(=O)N3CCOCC3)C2)o1. The standard InChI is InChI=1S/C27H37ClN2O4/c1-3-5-22-6-7-24(34-22)18-29-11-4-10-27(19-29,17-26(31)30-12-14-32-15-13-30)20-33-23-8-9-25(28)21(2)16-23/h6-9,16H,3-5,10-15,17-20H2,1-2H3. The maximum atomic E-state index is 13.3. The Morgan fingerprint density at radius 2 is 1.94 bits per heavy atom. The summed E-state index contributed by atoms with van der Waals surface area (Å²) in [5.41, 5.74) is 0.739. The number of aryl methyl sites for hydroxylation is 2. The molecule has 1 atom stereocenters. The number of hydrogen-bond donors (Lipinski definition) is 0. The number of nitrogens with zero attached hydrogens (tertiary/aromatic N) is 2. The molecule has 34 heavy (non-hydrogen) atoms.